The van der Waals surface area contributed by atoms with Gasteiger partial charge in [0.05, 0.1) is 12.1 Å². The van der Waals surface area contributed by atoms with Crippen LogP contribution in [0.2, 0.25) is 5.02 Å². The Morgan fingerprint density at radius 3 is 2.64 bits per heavy atom. The molecule has 1 aliphatic carbocycles. The molecular formula is C32H44ClN3O9. The number of halogens is 1. The summed E-state index contributed by atoms with van der Waals surface area (Å²) in [7, 11) is 0. The molecular weight excluding hydrogens is 606 g/mol. The van der Waals surface area contributed by atoms with Crippen LogP contribution in [0.15, 0.2) is 30.5 Å². The second-order valence-corrected chi connectivity index (χ2v) is 13.3. The first kappa shape index (κ1) is 33.8. The van der Waals surface area contributed by atoms with Crippen LogP contribution in [0.1, 0.15) is 59.8 Å². The van der Waals surface area contributed by atoms with E-state index in [1.54, 1.807) is 0 Å². The smallest absolute Gasteiger partial charge is 0.414 e. The van der Waals surface area contributed by atoms with Crippen molar-refractivity contribution in [3.63, 3.8) is 0 Å². The Labute approximate surface area is 268 Å². The van der Waals surface area contributed by atoms with Crippen LogP contribution in [0.25, 0.3) is 10.9 Å². The van der Waals surface area contributed by atoms with Gasteiger partial charge in [-0.3, -0.25) is 4.98 Å². The van der Waals surface area contributed by atoms with E-state index in [0.29, 0.717) is 29.5 Å². The first-order chi connectivity index (χ1) is 21.4. The maximum Gasteiger partial charge on any atom is 0.414 e. The minimum Gasteiger partial charge on any atom is -0.473 e. The summed E-state index contributed by atoms with van der Waals surface area (Å²) in [5.74, 6) is -3.01. The molecule has 1 aromatic heterocycles. The lowest BCUT2D eigenvalue weighted by atomic mass is 9.58. The van der Waals surface area contributed by atoms with E-state index in [-0.39, 0.29) is 18.1 Å². The zero-order valence-corrected chi connectivity index (χ0v) is 26.9. The van der Waals surface area contributed by atoms with Crippen LogP contribution in [0.3, 0.4) is 0 Å². The number of aliphatic carboxylic acids is 2. The maximum absolute atomic E-state index is 9.10. The Bertz CT molecular complexity index is 1350. The molecule has 5 aliphatic rings. The molecule has 248 valence electrons. The van der Waals surface area contributed by atoms with Gasteiger partial charge in [0.2, 0.25) is 5.79 Å². The number of rotatable bonds is 9. The van der Waals surface area contributed by atoms with E-state index in [2.05, 4.69) is 36.4 Å². The molecule has 45 heavy (non-hydrogen) atoms. The number of nitrogens with one attached hydrogen (secondary N) is 2. The third-order valence-electron chi connectivity index (χ3n) is 9.75. The summed E-state index contributed by atoms with van der Waals surface area (Å²) in [5.41, 5.74) is 1.43. The minimum atomic E-state index is -1.82. The van der Waals surface area contributed by atoms with Gasteiger partial charge < -0.3 is 35.1 Å². The van der Waals surface area contributed by atoms with Crippen LogP contribution in [0.5, 0.6) is 0 Å². The third-order valence-corrected chi connectivity index (χ3v) is 9.99. The second kappa shape index (κ2) is 14.0. The van der Waals surface area contributed by atoms with E-state index in [1.807, 2.05) is 37.4 Å². The van der Waals surface area contributed by atoms with Gasteiger partial charge in [-0.2, -0.15) is 0 Å². The fourth-order valence-electron chi connectivity index (χ4n) is 7.34. The first-order valence-electron chi connectivity index (χ1n) is 15.7. The Morgan fingerprint density at radius 1 is 1.11 bits per heavy atom. The summed E-state index contributed by atoms with van der Waals surface area (Å²) in [6, 6.07) is 8.15. The van der Waals surface area contributed by atoms with Gasteiger partial charge in [0.15, 0.2) is 18.2 Å². The third kappa shape index (κ3) is 7.22. The van der Waals surface area contributed by atoms with Crippen LogP contribution in [-0.2, 0) is 33.6 Å². The average Bonchev–Trinajstić information content (AvgIpc) is 3.23. The highest BCUT2D eigenvalue weighted by molar-refractivity contribution is 6.31. The second-order valence-electron chi connectivity index (χ2n) is 12.8. The molecule has 1 spiro atoms. The number of ether oxygens (including phenoxy) is 3. The lowest BCUT2D eigenvalue weighted by molar-refractivity contribution is -0.577. The quantitative estimate of drug-likeness (QED) is 0.163. The zero-order valence-electron chi connectivity index (χ0n) is 26.2. The standard InChI is InChI=1S/C30H42ClN3O5.C2H2O4/c1-18-5-8-24-20(3)27(36-28-30(24)23(18)9-12-29(4,37-28)38-39-30)35-16-15-32-19(2)10-13-33-25-11-14-34-26-17-21(31)6-7-22(25)26;3-1(4)2(5)6/h6-7,11,14,17-20,23-24,27-28,32H,5,8-10,12-13,15-16H2,1-4H3,(H,33,34);(H,3,4)(H,5,6)/t18-,19?,20-,23+,24+,27+,28-,29-,30-;/m1./s1. The molecule has 4 saturated heterocycles. The summed E-state index contributed by atoms with van der Waals surface area (Å²) in [6.07, 6.45) is 6.13. The zero-order chi connectivity index (χ0) is 32.4. The number of benzene rings is 1. The number of hydrogen-bond donors (Lipinski definition) is 4. The van der Waals surface area contributed by atoms with E-state index in [4.69, 9.17) is 55.4 Å². The van der Waals surface area contributed by atoms with Gasteiger partial charge in [0, 0.05) is 59.7 Å². The predicted molar refractivity (Wildman–Crippen MR) is 165 cm³/mol. The van der Waals surface area contributed by atoms with Crippen molar-refractivity contribution < 1.29 is 43.8 Å². The van der Waals surface area contributed by atoms with E-state index in [1.165, 1.54) is 6.42 Å². The van der Waals surface area contributed by atoms with E-state index in [0.717, 1.165) is 55.4 Å². The average molecular weight is 650 g/mol. The number of carbonyl (C=O) groups is 2. The molecule has 1 aromatic carbocycles. The maximum atomic E-state index is 9.10. The van der Waals surface area contributed by atoms with E-state index >= 15 is 0 Å². The summed E-state index contributed by atoms with van der Waals surface area (Å²) in [5, 5.41) is 23.7. The Hall–Kier alpha value is -2.58. The van der Waals surface area contributed by atoms with Crippen LogP contribution in [-0.4, -0.2) is 76.8 Å². The van der Waals surface area contributed by atoms with E-state index < -0.39 is 29.6 Å². The lowest BCUT2D eigenvalue weighted by Crippen LogP contribution is -2.70. The SMILES string of the molecule is CC(CCNc1ccnc2cc(Cl)ccc12)NCCO[C@H]1O[C@@H]2O[C@@]3(C)CC[C@H]4[C@H](C)CC[C@@H]([C@H]1C)[C@@]24OO3.O=C(O)C(=O)O. The number of carboxylic acid groups (broad SMARTS) is 2. The molecule has 1 unspecified atom stereocenters. The van der Waals surface area contributed by atoms with Gasteiger partial charge in [-0.05, 0) is 75.6 Å². The first-order valence-corrected chi connectivity index (χ1v) is 16.1. The van der Waals surface area contributed by atoms with Gasteiger partial charge in [-0.25, -0.2) is 19.4 Å². The summed E-state index contributed by atoms with van der Waals surface area (Å²) in [4.78, 5) is 34.8. The molecule has 4 N–H and O–H groups in total. The number of fused-ring (bicyclic) bond motifs is 3. The molecule has 9 atom stereocenters. The molecule has 2 aromatic rings. The Morgan fingerprint density at radius 2 is 1.89 bits per heavy atom. The monoisotopic (exact) mass is 649 g/mol. The molecule has 7 rings (SSSR count). The van der Waals surface area contributed by atoms with Gasteiger partial charge >= 0.3 is 11.9 Å². The molecule has 0 amide bonds. The lowest BCUT2D eigenvalue weighted by Gasteiger charge is -2.60. The summed E-state index contributed by atoms with van der Waals surface area (Å²) >= 11 is 6.12. The van der Waals surface area contributed by atoms with Crippen LogP contribution in [0.4, 0.5) is 5.69 Å². The fraction of sp³-hybridized carbons (Fsp3) is 0.656. The van der Waals surface area contributed by atoms with Crippen molar-refractivity contribution in [3.8, 4) is 0 Å². The molecule has 4 aliphatic heterocycles. The Kier molecular flexibility index (Phi) is 10.5. The van der Waals surface area contributed by atoms with Crippen molar-refractivity contribution in [1.29, 1.82) is 0 Å². The molecule has 5 fully saturated rings. The minimum absolute atomic E-state index is 0.192. The highest BCUT2D eigenvalue weighted by atomic mass is 35.5. The van der Waals surface area contributed by atoms with E-state index in [9.17, 15) is 0 Å². The number of anilines is 1. The van der Waals surface area contributed by atoms with Crippen molar-refractivity contribution in [1.82, 2.24) is 10.3 Å². The fourth-order valence-corrected chi connectivity index (χ4v) is 7.51. The number of pyridine rings is 1. The molecule has 5 heterocycles. The molecule has 13 heteroatoms. The Balaban J connectivity index is 0.000000609. The van der Waals surface area contributed by atoms with Crippen molar-refractivity contribution in [2.24, 2.45) is 23.7 Å². The van der Waals surface area contributed by atoms with Crippen LogP contribution in [0, 0.1) is 23.7 Å². The van der Waals surface area contributed by atoms with Gasteiger partial charge in [0.25, 0.3) is 0 Å². The van der Waals surface area contributed by atoms with Gasteiger partial charge in [-0.1, -0.05) is 25.4 Å². The highest BCUT2D eigenvalue weighted by Crippen LogP contribution is 2.60. The topological polar surface area (TPSA) is 158 Å². The molecule has 12 nitrogen and oxygen atoms in total. The predicted octanol–water partition coefficient (Wildman–Crippen LogP) is 5.05. The van der Waals surface area contributed by atoms with Crippen molar-refractivity contribution >= 4 is 40.1 Å². The van der Waals surface area contributed by atoms with Crippen molar-refractivity contribution in [2.45, 2.75) is 89.8 Å². The van der Waals surface area contributed by atoms with Gasteiger partial charge in [0.1, 0.15) is 0 Å². The number of hydrogen-bond acceptors (Lipinski definition) is 10. The van der Waals surface area contributed by atoms with Crippen LogP contribution >= 0.6 is 11.6 Å². The van der Waals surface area contributed by atoms with Gasteiger partial charge in [-0.15, -0.1) is 0 Å². The molecule has 2 bridgehead atoms. The number of nitrogens with zero attached hydrogens (tertiary/aromatic N) is 1. The summed E-state index contributed by atoms with van der Waals surface area (Å²) < 4.78 is 19.3. The normalized spacial score (nSPS) is 34.2. The largest absolute Gasteiger partial charge is 0.473 e. The van der Waals surface area contributed by atoms with Crippen molar-refractivity contribution in [3.05, 3.63) is 35.5 Å². The van der Waals surface area contributed by atoms with Crippen molar-refractivity contribution in [2.75, 3.05) is 25.0 Å². The number of aromatic nitrogens is 1. The molecule has 1 saturated carbocycles. The molecule has 0 radical (unpaired) electrons. The number of carboxylic acids is 2. The highest BCUT2D eigenvalue weighted by Gasteiger charge is 2.69. The summed E-state index contributed by atoms with van der Waals surface area (Å²) in [6.45, 7) is 10.9. The van der Waals surface area contributed by atoms with Crippen LogP contribution < -0.4 is 10.6 Å².